The first-order valence-corrected chi connectivity index (χ1v) is 10.2. The summed E-state index contributed by atoms with van der Waals surface area (Å²) < 4.78 is 13.3. The van der Waals surface area contributed by atoms with Crippen molar-refractivity contribution in [1.29, 1.82) is 0 Å². The van der Waals surface area contributed by atoms with Gasteiger partial charge in [-0.15, -0.1) is 0 Å². The van der Waals surface area contributed by atoms with Gasteiger partial charge in [0.05, 0.1) is 18.1 Å². The predicted molar refractivity (Wildman–Crippen MR) is 114 cm³/mol. The highest BCUT2D eigenvalue weighted by atomic mass is 16.5. The third-order valence-electron chi connectivity index (χ3n) is 4.79. The molecule has 0 aliphatic rings. The number of carbonyl (C=O) groups excluding carboxylic acids is 1. The molecular weight excluding hydrogens is 366 g/mol. The fourth-order valence-electron chi connectivity index (χ4n) is 3.43. The standard InChI is InChI=1S/C23H29N3O3/c1-4-14-25(15-5-2)23(27)16-26-19-11-7-6-10-18(19)24-22(26)17-29-21-13-9-8-12-20(21)28-3/h6-13H,4-5,14-17H2,1-3H3. The number of amides is 1. The molecule has 0 atom stereocenters. The maximum absolute atomic E-state index is 13.0. The van der Waals surface area contributed by atoms with Crippen molar-refractivity contribution in [2.45, 2.75) is 39.8 Å². The Hall–Kier alpha value is -3.02. The number of benzene rings is 2. The van der Waals surface area contributed by atoms with E-state index in [1.807, 2.05) is 58.0 Å². The van der Waals surface area contributed by atoms with Crippen molar-refractivity contribution >= 4 is 16.9 Å². The molecule has 154 valence electrons. The van der Waals surface area contributed by atoms with E-state index >= 15 is 0 Å². The van der Waals surface area contributed by atoms with Crippen molar-refractivity contribution in [3.05, 3.63) is 54.4 Å². The van der Waals surface area contributed by atoms with E-state index < -0.39 is 0 Å². The van der Waals surface area contributed by atoms with Crippen molar-refractivity contribution < 1.29 is 14.3 Å². The van der Waals surface area contributed by atoms with Gasteiger partial charge < -0.3 is 18.9 Å². The molecule has 0 spiro atoms. The number of fused-ring (bicyclic) bond motifs is 1. The second-order valence-electron chi connectivity index (χ2n) is 6.92. The Bertz CT molecular complexity index is 945. The minimum atomic E-state index is 0.107. The molecule has 3 aromatic rings. The Labute approximate surface area is 172 Å². The zero-order valence-electron chi connectivity index (χ0n) is 17.4. The molecule has 0 N–H and O–H groups in total. The molecule has 0 saturated heterocycles. The van der Waals surface area contributed by atoms with Crippen molar-refractivity contribution in [3.8, 4) is 11.5 Å². The van der Waals surface area contributed by atoms with Crippen LogP contribution in [0.4, 0.5) is 0 Å². The van der Waals surface area contributed by atoms with Gasteiger partial charge in [0.15, 0.2) is 11.5 Å². The van der Waals surface area contributed by atoms with E-state index in [9.17, 15) is 4.79 Å². The van der Waals surface area contributed by atoms with Crippen LogP contribution in [-0.2, 0) is 17.9 Å². The summed E-state index contributed by atoms with van der Waals surface area (Å²) in [4.78, 5) is 19.6. The fraction of sp³-hybridized carbons (Fsp3) is 0.391. The smallest absolute Gasteiger partial charge is 0.242 e. The molecule has 0 bridgehead atoms. The third kappa shape index (κ3) is 4.88. The highest BCUT2D eigenvalue weighted by Crippen LogP contribution is 2.27. The molecule has 1 aromatic heterocycles. The van der Waals surface area contributed by atoms with E-state index in [0.29, 0.717) is 11.5 Å². The van der Waals surface area contributed by atoms with Crippen LogP contribution in [0.1, 0.15) is 32.5 Å². The van der Waals surface area contributed by atoms with Crippen LogP contribution in [0.3, 0.4) is 0 Å². The number of carbonyl (C=O) groups is 1. The van der Waals surface area contributed by atoms with Crippen LogP contribution in [0.2, 0.25) is 0 Å². The molecule has 2 aromatic carbocycles. The van der Waals surface area contributed by atoms with Gasteiger partial charge in [0.2, 0.25) is 5.91 Å². The molecule has 0 aliphatic heterocycles. The number of nitrogens with zero attached hydrogens (tertiary/aromatic N) is 3. The monoisotopic (exact) mass is 395 g/mol. The minimum absolute atomic E-state index is 0.107. The summed E-state index contributed by atoms with van der Waals surface area (Å²) in [7, 11) is 1.62. The Balaban J connectivity index is 1.86. The molecule has 0 aliphatic carbocycles. The first kappa shape index (κ1) is 20.7. The zero-order valence-corrected chi connectivity index (χ0v) is 17.4. The van der Waals surface area contributed by atoms with Crippen molar-refractivity contribution in [1.82, 2.24) is 14.5 Å². The molecule has 6 nitrogen and oxygen atoms in total. The van der Waals surface area contributed by atoms with E-state index in [2.05, 4.69) is 13.8 Å². The number of para-hydroxylation sites is 4. The molecular formula is C23H29N3O3. The lowest BCUT2D eigenvalue weighted by molar-refractivity contribution is -0.131. The molecule has 0 fully saturated rings. The number of aromatic nitrogens is 2. The van der Waals surface area contributed by atoms with E-state index in [4.69, 9.17) is 14.5 Å². The average Bonchev–Trinajstić information content (AvgIpc) is 3.09. The van der Waals surface area contributed by atoms with Gasteiger partial charge in [0.1, 0.15) is 19.0 Å². The normalized spacial score (nSPS) is 10.9. The van der Waals surface area contributed by atoms with Crippen LogP contribution in [-0.4, -0.2) is 40.6 Å². The first-order chi connectivity index (χ1) is 14.2. The summed E-state index contributed by atoms with van der Waals surface area (Å²) in [6.07, 6.45) is 1.89. The van der Waals surface area contributed by atoms with Crippen LogP contribution < -0.4 is 9.47 Å². The highest BCUT2D eigenvalue weighted by molar-refractivity contribution is 5.81. The minimum Gasteiger partial charge on any atom is -0.493 e. The van der Waals surface area contributed by atoms with E-state index in [1.54, 1.807) is 7.11 Å². The summed E-state index contributed by atoms with van der Waals surface area (Å²) >= 11 is 0. The summed E-state index contributed by atoms with van der Waals surface area (Å²) in [6, 6.07) is 15.4. The molecule has 0 saturated carbocycles. The van der Waals surface area contributed by atoms with Crippen LogP contribution in [0, 0.1) is 0 Å². The summed E-state index contributed by atoms with van der Waals surface area (Å²) in [5.41, 5.74) is 1.80. The number of methoxy groups -OCH3 is 1. The summed E-state index contributed by atoms with van der Waals surface area (Å²) in [5.74, 6) is 2.15. The maximum atomic E-state index is 13.0. The Kier molecular flexibility index (Phi) is 7.11. The second kappa shape index (κ2) is 9.96. The lowest BCUT2D eigenvalue weighted by Gasteiger charge is -2.22. The van der Waals surface area contributed by atoms with Gasteiger partial charge in [-0.3, -0.25) is 4.79 Å². The van der Waals surface area contributed by atoms with Gasteiger partial charge in [-0.2, -0.15) is 0 Å². The van der Waals surface area contributed by atoms with Crippen LogP contribution in [0.25, 0.3) is 11.0 Å². The van der Waals surface area contributed by atoms with Crippen LogP contribution in [0.15, 0.2) is 48.5 Å². The number of imidazole rings is 1. The largest absolute Gasteiger partial charge is 0.493 e. The average molecular weight is 396 g/mol. The van der Waals surface area contributed by atoms with E-state index in [1.165, 1.54) is 0 Å². The zero-order chi connectivity index (χ0) is 20.6. The predicted octanol–water partition coefficient (Wildman–Crippen LogP) is 4.27. The Morgan fingerprint density at radius 1 is 1.00 bits per heavy atom. The highest BCUT2D eigenvalue weighted by Gasteiger charge is 2.18. The van der Waals surface area contributed by atoms with Gasteiger partial charge in [-0.1, -0.05) is 38.1 Å². The SMILES string of the molecule is CCCN(CCC)C(=O)Cn1c(COc2ccccc2OC)nc2ccccc21. The van der Waals surface area contributed by atoms with Crippen molar-refractivity contribution in [2.75, 3.05) is 20.2 Å². The Morgan fingerprint density at radius 3 is 2.34 bits per heavy atom. The van der Waals surface area contributed by atoms with Crippen LogP contribution in [0.5, 0.6) is 11.5 Å². The van der Waals surface area contributed by atoms with Gasteiger partial charge in [-0.05, 0) is 37.1 Å². The Morgan fingerprint density at radius 2 is 1.66 bits per heavy atom. The molecule has 1 amide bonds. The van der Waals surface area contributed by atoms with E-state index in [-0.39, 0.29) is 19.1 Å². The van der Waals surface area contributed by atoms with Crippen LogP contribution >= 0.6 is 0 Å². The number of hydrogen-bond donors (Lipinski definition) is 0. The molecule has 0 unspecified atom stereocenters. The quantitative estimate of drug-likeness (QED) is 0.514. The number of ether oxygens (including phenoxy) is 2. The van der Waals surface area contributed by atoms with Gasteiger partial charge >= 0.3 is 0 Å². The van der Waals surface area contributed by atoms with Crippen molar-refractivity contribution in [2.24, 2.45) is 0 Å². The van der Waals surface area contributed by atoms with Gasteiger partial charge in [-0.25, -0.2) is 4.98 Å². The maximum Gasteiger partial charge on any atom is 0.242 e. The summed E-state index contributed by atoms with van der Waals surface area (Å²) in [6.45, 7) is 6.23. The first-order valence-electron chi connectivity index (χ1n) is 10.2. The molecule has 29 heavy (non-hydrogen) atoms. The molecule has 3 rings (SSSR count). The molecule has 0 radical (unpaired) electrons. The van der Waals surface area contributed by atoms with Gasteiger partial charge in [0, 0.05) is 13.1 Å². The lowest BCUT2D eigenvalue weighted by Crippen LogP contribution is -2.35. The topological polar surface area (TPSA) is 56.6 Å². The molecule has 1 heterocycles. The number of hydrogen-bond acceptors (Lipinski definition) is 4. The van der Waals surface area contributed by atoms with E-state index in [0.717, 1.165) is 42.8 Å². The lowest BCUT2D eigenvalue weighted by atomic mass is 10.3. The third-order valence-corrected chi connectivity index (χ3v) is 4.79. The van der Waals surface area contributed by atoms with Crippen molar-refractivity contribution in [3.63, 3.8) is 0 Å². The second-order valence-corrected chi connectivity index (χ2v) is 6.92. The van der Waals surface area contributed by atoms with Gasteiger partial charge in [0.25, 0.3) is 0 Å². The fourth-order valence-corrected chi connectivity index (χ4v) is 3.43. The molecule has 6 heteroatoms. The number of rotatable bonds is 10. The summed E-state index contributed by atoms with van der Waals surface area (Å²) in [5, 5.41) is 0.